The predicted molar refractivity (Wildman–Crippen MR) is 389 cm³/mol. The molecule has 0 unspecified atom stereocenters. The summed E-state index contributed by atoms with van der Waals surface area (Å²) in [4.78, 5) is 74.3. The van der Waals surface area contributed by atoms with E-state index in [0.29, 0.717) is 55.2 Å². The topological polar surface area (TPSA) is 143 Å². The molecule has 12 aromatic rings. The summed E-state index contributed by atoms with van der Waals surface area (Å²) < 4.78 is 0. The van der Waals surface area contributed by atoms with E-state index >= 15 is 0 Å². The summed E-state index contributed by atoms with van der Waals surface area (Å²) in [7, 11) is 0. The van der Waals surface area contributed by atoms with Crippen molar-refractivity contribution < 1.29 is 24.0 Å². The Hall–Kier alpha value is -10.5. The summed E-state index contributed by atoms with van der Waals surface area (Å²) in [6.45, 7) is 10.7. The van der Waals surface area contributed by atoms with Gasteiger partial charge in [0.15, 0.2) is 28.9 Å². The molecule has 8 aromatic carbocycles. The number of carbonyl (C=O) groups excluding carboxylic acids is 5. The van der Waals surface area contributed by atoms with Gasteiger partial charge in [0, 0.05) is 114 Å². The number of benzene rings is 8. The minimum absolute atomic E-state index is 0.289. The number of nitrogens with one attached hydrogen (secondary N) is 2. The second-order valence-corrected chi connectivity index (χ2v) is 26.1. The monoisotopic (exact) mass is 1260 g/mol. The highest BCUT2D eigenvalue weighted by Crippen LogP contribution is 2.38. The third kappa shape index (κ3) is 13.3. The summed E-state index contributed by atoms with van der Waals surface area (Å²) in [6, 6.07) is 56.0. The largest absolute Gasteiger partial charge is 0.361 e. The second kappa shape index (κ2) is 28.6. The maximum absolute atomic E-state index is 12.0. The Morgan fingerprint density at radius 1 is 0.271 bits per heavy atom. The minimum Gasteiger partial charge on any atom is -0.361 e. The van der Waals surface area contributed by atoms with Crippen LogP contribution in [0.5, 0.6) is 0 Å². The highest BCUT2D eigenvalue weighted by molar-refractivity contribution is 6.03. The summed E-state index contributed by atoms with van der Waals surface area (Å²) in [5.41, 5.74) is 31.6. The molecule has 0 spiro atoms. The molecule has 9 heteroatoms. The summed E-state index contributed by atoms with van der Waals surface area (Å²) in [5, 5.41) is 2.45. The highest BCUT2D eigenvalue weighted by Gasteiger charge is 2.26. The van der Waals surface area contributed by atoms with Gasteiger partial charge in [0.05, 0.1) is 0 Å². The fourth-order valence-electron chi connectivity index (χ4n) is 15.2. The minimum atomic E-state index is 0.289. The molecule has 5 aliphatic rings. The molecule has 4 aromatic heterocycles. The molecule has 2 N–H and O–H groups in total. The van der Waals surface area contributed by atoms with Gasteiger partial charge in [0.25, 0.3) is 0 Å². The van der Waals surface area contributed by atoms with E-state index in [-0.39, 0.29) is 5.78 Å². The van der Waals surface area contributed by atoms with Gasteiger partial charge in [0.1, 0.15) is 0 Å². The lowest BCUT2D eigenvalue weighted by Crippen LogP contribution is -2.12. The maximum atomic E-state index is 12.0. The van der Waals surface area contributed by atoms with Crippen LogP contribution in [-0.2, 0) is 32.1 Å². The average Bonchev–Trinajstić information content (AvgIpc) is 1.21. The molecule has 0 aliphatic heterocycles. The molecule has 17 rings (SSSR count). The highest BCUT2D eigenvalue weighted by atomic mass is 16.1. The lowest BCUT2D eigenvalue weighted by molar-refractivity contribution is 0.0964. The van der Waals surface area contributed by atoms with Crippen LogP contribution < -0.4 is 0 Å². The normalized spacial score (nSPS) is 14.4. The summed E-state index contributed by atoms with van der Waals surface area (Å²) in [6.07, 6.45) is 24.7. The van der Waals surface area contributed by atoms with Crippen molar-refractivity contribution in [3.05, 3.63) is 284 Å². The molecule has 0 saturated heterocycles. The molecular weight excluding hydrogens is 1180 g/mol. The number of carbonyl (C=O) groups is 5. The molecule has 0 saturated carbocycles. The Labute approximate surface area is 562 Å². The smallest absolute Gasteiger partial charge is 0.163 e. The van der Waals surface area contributed by atoms with Crippen molar-refractivity contribution in [3.63, 3.8) is 0 Å². The average molecular weight is 1260 g/mol. The Balaban J connectivity index is 0.000000109. The number of Topliss-reactive ketones (excluding diaryl/α,β-unsaturated/α-hetero) is 5. The van der Waals surface area contributed by atoms with Crippen molar-refractivity contribution in [2.75, 3.05) is 0 Å². The molecule has 0 atom stereocenters. The zero-order valence-electron chi connectivity index (χ0n) is 55.6. The van der Waals surface area contributed by atoms with Crippen LogP contribution in [-0.4, -0.2) is 48.9 Å². The molecule has 96 heavy (non-hydrogen) atoms. The lowest BCUT2D eigenvalue weighted by Gasteiger charge is -2.19. The van der Waals surface area contributed by atoms with E-state index in [2.05, 4.69) is 164 Å². The number of nitrogens with zero attached hydrogens (tertiary/aromatic N) is 2. The molecular formula is C87H80N4O5. The first kappa shape index (κ1) is 64.2. The van der Waals surface area contributed by atoms with E-state index in [4.69, 9.17) is 0 Å². The fraction of sp³-hybridized carbons (Fsp3) is 0.230. The van der Waals surface area contributed by atoms with Gasteiger partial charge in [0.2, 0.25) is 0 Å². The number of hydrogen-bond acceptors (Lipinski definition) is 7. The molecule has 478 valence electrons. The quantitative estimate of drug-likeness (QED) is 0.175. The number of fused-ring (bicyclic) bond motifs is 7. The molecule has 0 bridgehead atoms. The Kier molecular flexibility index (Phi) is 19.1. The van der Waals surface area contributed by atoms with Crippen molar-refractivity contribution in [3.8, 4) is 55.6 Å². The third-order valence-electron chi connectivity index (χ3n) is 20.4. The van der Waals surface area contributed by atoms with Crippen LogP contribution in [0.1, 0.15) is 172 Å². The van der Waals surface area contributed by atoms with Gasteiger partial charge in [-0.15, -0.1) is 0 Å². The van der Waals surface area contributed by atoms with Gasteiger partial charge >= 0.3 is 0 Å². The number of pyridine rings is 2. The van der Waals surface area contributed by atoms with E-state index in [1.807, 2.05) is 73.2 Å². The van der Waals surface area contributed by atoms with Crippen LogP contribution in [0.2, 0.25) is 0 Å². The van der Waals surface area contributed by atoms with Crippen molar-refractivity contribution in [2.45, 2.75) is 131 Å². The van der Waals surface area contributed by atoms with Crippen LogP contribution in [0.25, 0.3) is 77.4 Å². The Bertz CT molecular complexity index is 4550. The zero-order chi connectivity index (χ0) is 66.4. The van der Waals surface area contributed by atoms with Crippen molar-refractivity contribution in [1.29, 1.82) is 0 Å². The first-order valence-electron chi connectivity index (χ1n) is 34.1. The van der Waals surface area contributed by atoms with Gasteiger partial charge in [-0.3, -0.25) is 33.9 Å². The molecule has 0 radical (unpaired) electrons. The van der Waals surface area contributed by atoms with Gasteiger partial charge in [-0.05, 0) is 270 Å². The molecule has 0 amide bonds. The number of H-pyrrole nitrogens is 2. The number of ketones is 5. The van der Waals surface area contributed by atoms with E-state index in [9.17, 15) is 24.0 Å². The first-order chi connectivity index (χ1) is 46.8. The van der Waals surface area contributed by atoms with Crippen LogP contribution in [0.15, 0.2) is 201 Å². The van der Waals surface area contributed by atoms with Gasteiger partial charge < -0.3 is 9.97 Å². The maximum Gasteiger partial charge on any atom is 0.163 e. The number of aromatic nitrogens is 4. The van der Waals surface area contributed by atoms with Gasteiger partial charge in [-0.2, -0.15) is 0 Å². The second-order valence-electron chi connectivity index (χ2n) is 26.1. The predicted octanol–water partition coefficient (Wildman–Crippen LogP) is 20.7. The molecule has 0 fully saturated rings. The van der Waals surface area contributed by atoms with E-state index in [0.717, 1.165) is 109 Å². The summed E-state index contributed by atoms with van der Waals surface area (Å²) >= 11 is 0. The van der Waals surface area contributed by atoms with Crippen molar-refractivity contribution in [1.82, 2.24) is 19.9 Å². The van der Waals surface area contributed by atoms with Crippen molar-refractivity contribution in [2.24, 2.45) is 0 Å². The van der Waals surface area contributed by atoms with E-state index in [1.165, 1.54) is 116 Å². The van der Waals surface area contributed by atoms with Gasteiger partial charge in [-0.25, -0.2) is 0 Å². The van der Waals surface area contributed by atoms with Gasteiger partial charge in [-0.1, -0.05) is 109 Å². The summed E-state index contributed by atoms with van der Waals surface area (Å²) in [5.74, 6) is 1.48. The van der Waals surface area contributed by atoms with E-state index in [1.54, 1.807) is 18.6 Å². The number of aromatic amines is 2. The SMILES string of the molecule is Cc1c(-c2ccc3[nH]ccc3c2)ccc2c1CCCC2=O.Cc1c(-c2ccc3[nH]ccc3c2)ccc2c1CCCC2=O.Cc1c(-c2ccccc2)ccc2c1CCCC2=O.Cc1c(-c2cccnc2)ccc2c1CCCC2=O.Cc1c(-c2ccncc2)ccc2c1CCCC2=O. The molecule has 9 nitrogen and oxygen atoms in total. The van der Waals surface area contributed by atoms with Crippen LogP contribution >= 0.6 is 0 Å². The number of hydrogen-bond donors (Lipinski definition) is 2. The lowest BCUT2D eigenvalue weighted by atomic mass is 9.84. The first-order valence-corrected chi connectivity index (χ1v) is 34.1. The molecule has 4 heterocycles. The standard InChI is InChI=1S/2C19H17NO.C17H16O.2C16H15NO/c2*1-12-15(6-7-17-16(12)3-2-4-19(17)21)13-5-8-18-14(11-13)9-10-20-18;1-12-14(13-6-3-2-4-7-13)10-11-16-15(12)8-5-9-17(16)18;1-11-13(12-4-3-9-17-10-12)7-8-15-14(11)5-2-6-16(15)18;1-11-13(12-7-9-17-10-8-12)5-6-15-14(11)3-2-4-16(15)18/h2*5-11,20H,2-4H2,1H3;2-4,6-7,10-11H,5,8-9H2,1H3;3-4,7-10H,2,5-6H2,1H3;5-10H,2-4H2,1H3. The molecule has 5 aliphatic carbocycles. The van der Waals surface area contributed by atoms with Crippen LogP contribution in [0.3, 0.4) is 0 Å². The van der Waals surface area contributed by atoms with Crippen LogP contribution in [0.4, 0.5) is 0 Å². The van der Waals surface area contributed by atoms with Crippen LogP contribution in [0, 0.1) is 34.6 Å². The van der Waals surface area contributed by atoms with Crippen molar-refractivity contribution >= 4 is 50.7 Å². The Morgan fingerprint density at radius 3 is 0.927 bits per heavy atom. The van der Waals surface area contributed by atoms with E-state index < -0.39 is 0 Å². The fourth-order valence-corrected chi connectivity index (χ4v) is 15.2. The zero-order valence-corrected chi connectivity index (χ0v) is 55.6. The number of rotatable bonds is 5. The third-order valence-corrected chi connectivity index (χ3v) is 20.4. The Morgan fingerprint density at radius 2 is 0.583 bits per heavy atom.